The number of rotatable bonds is 0. The van der Waals surface area contributed by atoms with Gasteiger partial charge in [-0.05, 0) is 19.4 Å². The monoisotopic (exact) mass is 147 g/mol. The lowest BCUT2D eigenvalue weighted by atomic mass is 10.2. The SMILES string of the molecule is FC1(F)C2CCCNCC21. The van der Waals surface area contributed by atoms with Crippen molar-refractivity contribution in [2.24, 2.45) is 11.8 Å². The summed E-state index contributed by atoms with van der Waals surface area (Å²) in [5, 5.41) is 3.01. The van der Waals surface area contributed by atoms with Crippen LogP contribution in [0.3, 0.4) is 0 Å². The molecule has 0 aromatic rings. The summed E-state index contributed by atoms with van der Waals surface area (Å²) in [5.41, 5.74) is 0. The molecule has 58 valence electrons. The Balaban J connectivity index is 2.01. The first kappa shape index (κ1) is 6.53. The molecule has 0 aromatic heterocycles. The van der Waals surface area contributed by atoms with Gasteiger partial charge in [0, 0.05) is 18.4 Å². The van der Waals surface area contributed by atoms with Crippen LogP contribution in [0.15, 0.2) is 0 Å². The Labute approximate surface area is 58.8 Å². The Bertz CT molecular complexity index is 133. The predicted molar refractivity (Wildman–Crippen MR) is 34.0 cm³/mol. The van der Waals surface area contributed by atoms with E-state index in [1.165, 1.54) is 0 Å². The van der Waals surface area contributed by atoms with E-state index in [0.29, 0.717) is 13.0 Å². The van der Waals surface area contributed by atoms with E-state index in [0.717, 1.165) is 13.0 Å². The maximum Gasteiger partial charge on any atom is 0.255 e. The Morgan fingerprint density at radius 2 is 2.10 bits per heavy atom. The van der Waals surface area contributed by atoms with Crippen LogP contribution >= 0.6 is 0 Å². The Hall–Kier alpha value is -0.180. The van der Waals surface area contributed by atoms with Crippen LogP contribution in [0.5, 0.6) is 0 Å². The lowest BCUT2D eigenvalue weighted by molar-refractivity contribution is 0.0802. The normalized spacial score (nSPS) is 43.8. The van der Waals surface area contributed by atoms with Crippen LogP contribution in [0.2, 0.25) is 0 Å². The fraction of sp³-hybridized carbons (Fsp3) is 1.00. The molecule has 1 saturated heterocycles. The first-order valence-electron chi connectivity index (χ1n) is 3.81. The molecule has 0 radical (unpaired) electrons. The van der Waals surface area contributed by atoms with Gasteiger partial charge in [-0.2, -0.15) is 0 Å². The lowest BCUT2D eigenvalue weighted by Crippen LogP contribution is -2.19. The highest BCUT2D eigenvalue weighted by molar-refractivity contribution is 5.06. The second-order valence-electron chi connectivity index (χ2n) is 3.23. The number of alkyl halides is 2. The van der Waals surface area contributed by atoms with E-state index in [9.17, 15) is 8.78 Å². The fourth-order valence-corrected chi connectivity index (χ4v) is 1.84. The summed E-state index contributed by atoms with van der Waals surface area (Å²) in [7, 11) is 0. The highest BCUT2D eigenvalue weighted by Crippen LogP contribution is 2.57. The molecule has 1 saturated carbocycles. The molecule has 1 aliphatic carbocycles. The van der Waals surface area contributed by atoms with Crippen LogP contribution in [0.4, 0.5) is 8.78 Å². The minimum absolute atomic E-state index is 0.289. The molecular weight excluding hydrogens is 136 g/mol. The first-order chi connectivity index (χ1) is 4.73. The molecule has 2 fully saturated rings. The number of nitrogens with one attached hydrogen (secondary N) is 1. The summed E-state index contributed by atoms with van der Waals surface area (Å²) in [4.78, 5) is 0. The summed E-state index contributed by atoms with van der Waals surface area (Å²) in [5.74, 6) is -2.95. The lowest BCUT2D eigenvalue weighted by Gasteiger charge is -2.01. The van der Waals surface area contributed by atoms with Crippen molar-refractivity contribution in [3.63, 3.8) is 0 Å². The minimum Gasteiger partial charge on any atom is -0.316 e. The van der Waals surface area contributed by atoms with Gasteiger partial charge in [-0.3, -0.25) is 0 Å². The molecular formula is C7H11F2N. The quantitative estimate of drug-likeness (QED) is 0.543. The van der Waals surface area contributed by atoms with Crippen LogP contribution in [0, 0.1) is 11.8 Å². The van der Waals surface area contributed by atoms with Crippen LogP contribution in [0.25, 0.3) is 0 Å². The van der Waals surface area contributed by atoms with E-state index < -0.39 is 5.92 Å². The molecule has 0 aromatic carbocycles. The predicted octanol–water partition coefficient (Wildman–Crippen LogP) is 1.25. The summed E-state index contributed by atoms with van der Waals surface area (Å²) in [6.45, 7) is 1.45. The van der Waals surface area contributed by atoms with Crippen molar-refractivity contribution in [1.82, 2.24) is 5.32 Å². The molecule has 2 rings (SSSR count). The van der Waals surface area contributed by atoms with Crippen LogP contribution in [-0.2, 0) is 0 Å². The van der Waals surface area contributed by atoms with E-state index in [1.807, 2.05) is 0 Å². The first-order valence-corrected chi connectivity index (χ1v) is 3.81. The van der Waals surface area contributed by atoms with Crippen LogP contribution < -0.4 is 5.32 Å². The maximum absolute atomic E-state index is 12.6. The summed E-state index contributed by atoms with van der Waals surface area (Å²) in [6.07, 6.45) is 1.63. The Kier molecular flexibility index (Phi) is 1.24. The van der Waals surface area contributed by atoms with Gasteiger partial charge in [-0.25, -0.2) is 8.78 Å². The highest BCUT2D eigenvalue weighted by Gasteiger charge is 2.67. The van der Waals surface area contributed by atoms with Gasteiger partial charge in [0.25, 0.3) is 5.92 Å². The summed E-state index contributed by atoms with van der Waals surface area (Å²) >= 11 is 0. The van der Waals surface area contributed by atoms with E-state index in [4.69, 9.17) is 0 Å². The van der Waals surface area contributed by atoms with E-state index >= 15 is 0 Å². The van der Waals surface area contributed by atoms with Gasteiger partial charge < -0.3 is 5.32 Å². The van der Waals surface area contributed by atoms with Crippen molar-refractivity contribution in [2.45, 2.75) is 18.8 Å². The van der Waals surface area contributed by atoms with Gasteiger partial charge in [-0.15, -0.1) is 0 Å². The van der Waals surface area contributed by atoms with Gasteiger partial charge in [0.1, 0.15) is 0 Å². The van der Waals surface area contributed by atoms with Crippen LogP contribution in [-0.4, -0.2) is 19.0 Å². The van der Waals surface area contributed by atoms with Gasteiger partial charge in [-0.1, -0.05) is 0 Å². The van der Waals surface area contributed by atoms with E-state index in [-0.39, 0.29) is 11.8 Å². The second-order valence-corrected chi connectivity index (χ2v) is 3.23. The number of fused-ring (bicyclic) bond motifs is 1. The molecule has 0 amide bonds. The molecule has 0 bridgehead atoms. The average Bonchev–Trinajstić information content (AvgIpc) is 2.47. The summed E-state index contributed by atoms with van der Waals surface area (Å²) < 4.78 is 25.3. The maximum atomic E-state index is 12.6. The molecule has 2 atom stereocenters. The molecule has 1 heterocycles. The third-order valence-corrected chi connectivity index (χ3v) is 2.60. The van der Waals surface area contributed by atoms with Crippen LogP contribution in [0.1, 0.15) is 12.8 Å². The zero-order valence-electron chi connectivity index (χ0n) is 5.74. The molecule has 0 spiro atoms. The average molecular weight is 147 g/mol. The Morgan fingerprint density at radius 3 is 2.90 bits per heavy atom. The zero-order valence-corrected chi connectivity index (χ0v) is 5.74. The van der Waals surface area contributed by atoms with E-state index in [2.05, 4.69) is 5.32 Å². The minimum atomic E-state index is -2.33. The van der Waals surface area contributed by atoms with Crippen molar-refractivity contribution in [1.29, 1.82) is 0 Å². The van der Waals surface area contributed by atoms with Crippen molar-refractivity contribution in [3.8, 4) is 0 Å². The van der Waals surface area contributed by atoms with Gasteiger partial charge in [0.05, 0.1) is 0 Å². The molecule has 1 N–H and O–H groups in total. The zero-order chi connectivity index (χ0) is 7.19. The molecule has 1 nitrogen and oxygen atoms in total. The van der Waals surface area contributed by atoms with Crippen molar-refractivity contribution < 1.29 is 8.78 Å². The molecule has 3 heteroatoms. The fourth-order valence-electron chi connectivity index (χ4n) is 1.84. The van der Waals surface area contributed by atoms with Crippen molar-refractivity contribution in [3.05, 3.63) is 0 Å². The van der Waals surface area contributed by atoms with Crippen molar-refractivity contribution in [2.75, 3.05) is 13.1 Å². The molecule has 10 heavy (non-hydrogen) atoms. The standard InChI is InChI=1S/C7H11F2N/c8-7(9)5-2-1-3-10-4-6(5)7/h5-6,10H,1-4H2. The topological polar surface area (TPSA) is 12.0 Å². The third kappa shape index (κ3) is 0.764. The number of hydrogen-bond donors (Lipinski definition) is 1. The second kappa shape index (κ2) is 1.91. The van der Waals surface area contributed by atoms with E-state index in [1.54, 1.807) is 0 Å². The third-order valence-electron chi connectivity index (χ3n) is 2.60. The number of halogens is 2. The Morgan fingerprint density at radius 1 is 1.30 bits per heavy atom. The molecule has 2 aliphatic rings. The summed E-state index contributed by atoms with van der Waals surface area (Å²) in [6, 6.07) is 0. The molecule has 2 unspecified atom stereocenters. The van der Waals surface area contributed by atoms with Gasteiger partial charge in [0.2, 0.25) is 0 Å². The number of hydrogen-bond acceptors (Lipinski definition) is 1. The van der Waals surface area contributed by atoms with Gasteiger partial charge >= 0.3 is 0 Å². The smallest absolute Gasteiger partial charge is 0.255 e. The largest absolute Gasteiger partial charge is 0.316 e. The molecule has 1 aliphatic heterocycles. The van der Waals surface area contributed by atoms with Crippen molar-refractivity contribution >= 4 is 0 Å². The van der Waals surface area contributed by atoms with Gasteiger partial charge in [0.15, 0.2) is 0 Å². The highest BCUT2D eigenvalue weighted by atomic mass is 19.3.